The summed E-state index contributed by atoms with van der Waals surface area (Å²) in [6.45, 7) is 0.504. The minimum Gasteiger partial charge on any atom is -0.376 e. The van der Waals surface area contributed by atoms with Crippen LogP contribution in [0.2, 0.25) is 0 Å². The zero-order valence-electron chi connectivity index (χ0n) is 10.3. The largest absolute Gasteiger partial charge is 0.376 e. The third-order valence-corrected chi connectivity index (χ3v) is 3.39. The van der Waals surface area contributed by atoms with E-state index in [1.54, 1.807) is 19.2 Å². The highest BCUT2D eigenvalue weighted by atomic mass is 16.5. The number of hydrogen-bond acceptors (Lipinski definition) is 4. The number of aromatic nitrogens is 1. The number of pyridine rings is 1. The monoisotopic (exact) mass is 245 g/mol. The summed E-state index contributed by atoms with van der Waals surface area (Å²) in [7, 11) is 1.67. The number of carbonyl (C=O) groups is 1. The van der Waals surface area contributed by atoms with Gasteiger partial charge in [0.25, 0.3) is 5.91 Å². The van der Waals surface area contributed by atoms with E-state index in [-0.39, 0.29) is 11.5 Å². The summed E-state index contributed by atoms with van der Waals surface area (Å²) >= 11 is 0. The first-order chi connectivity index (χ1) is 8.69. The van der Waals surface area contributed by atoms with Gasteiger partial charge in [-0.15, -0.1) is 0 Å². The van der Waals surface area contributed by atoms with Crippen LogP contribution in [0, 0.1) is 11.3 Å². The van der Waals surface area contributed by atoms with E-state index in [1.165, 1.54) is 6.20 Å². The molecule has 0 spiro atoms. The molecular weight excluding hydrogens is 230 g/mol. The van der Waals surface area contributed by atoms with Crippen LogP contribution in [0.25, 0.3) is 0 Å². The topological polar surface area (TPSA) is 75.0 Å². The van der Waals surface area contributed by atoms with Gasteiger partial charge < -0.3 is 10.1 Å². The lowest BCUT2D eigenvalue weighted by Gasteiger charge is -2.40. The standard InChI is InChI=1S/C13H15N3O2/c1-18-13(5-2-6-13)9-16-12(17)11-4-3-10(7-14)8-15-11/h3-4,8H,2,5-6,9H2,1H3,(H,16,17). The Hall–Kier alpha value is -1.93. The first kappa shape index (κ1) is 12.5. The molecule has 2 rings (SSSR count). The zero-order chi connectivity index (χ0) is 13.0. The fraction of sp³-hybridized carbons (Fsp3) is 0.462. The fourth-order valence-corrected chi connectivity index (χ4v) is 1.95. The molecule has 0 atom stereocenters. The van der Waals surface area contributed by atoms with Gasteiger partial charge in [0.05, 0.1) is 11.2 Å². The summed E-state index contributed by atoms with van der Waals surface area (Å²) in [6, 6.07) is 5.09. The van der Waals surface area contributed by atoms with Gasteiger partial charge >= 0.3 is 0 Å². The first-order valence-corrected chi connectivity index (χ1v) is 5.89. The molecule has 0 bridgehead atoms. The first-order valence-electron chi connectivity index (χ1n) is 5.89. The molecule has 18 heavy (non-hydrogen) atoms. The molecule has 1 amide bonds. The maximum Gasteiger partial charge on any atom is 0.269 e. The van der Waals surface area contributed by atoms with Crippen LogP contribution in [-0.2, 0) is 4.74 Å². The highest BCUT2D eigenvalue weighted by Gasteiger charge is 2.37. The van der Waals surface area contributed by atoms with Crippen molar-refractivity contribution in [1.29, 1.82) is 5.26 Å². The van der Waals surface area contributed by atoms with Gasteiger partial charge in [-0.25, -0.2) is 4.98 Å². The van der Waals surface area contributed by atoms with Crippen LogP contribution in [0.4, 0.5) is 0 Å². The summed E-state index contributed by atoms with van der Waals surface area (Å²) in [6.07, 6.45) is 4.48. The van der Waals surface area contributed by atoms with Crippen molar-refractivity contribution in [2.75, 3.05) is 13.7 Å². The van der Waals surface area contributed by atoms with Gasteiger partial charge in [0.2, 0.25) is 0 Å². The number of nitrogens with one attached hydrogen (secondary N) is 1. The van der Waals surface area contributed by atoms with Gasteiger partial charge in [-0.3, -0.25) is 4.79 Å². The van der Waals surface area contributed by atoms with Crippen LogP contribution in [0.3, 0.4) is 0 Å². The second kappa shape index (κ2) is 5.15. The molecule has 1 aromatic heterocycles. The number of carbonyl (C=O) groups excluding carboxylic acids is 1. The Morgan fingerprint density at radius 2 is 2.39 bits per heavy atom. The zero-order valence-corrected chi connectivity index (χ0v) is 10.3. The highest BCUT2D eigenvalue weighted by molar-refractivity contribution is 5.92. The molecule has 0 radical (unpaired) electrons. The lowest BCUT2D eigenvalue weighted by Crippen LogP contribution is -2.49. The quantitative estimate of drug-likeness (QED) is 0.866. The van der Waals surface area contributed by atoms with Crippen LogP contribution in [-0.4, -0.2) is 30.1 Å². The van der Waals surface area contributed by atoms with Crippen molar-refractivity contribution in [2.24, 2.45) is 0 Å². The van der Waals surface area contributed by atoms with Crippen molar-refractivity contribution in [3.63, 3.8) is 0 Å². The Morgan fingerprint density at radius 3 is 2.83 bits per heavy atom. The molecule has 0 saturated heterocycles. The van der Waals surface area contributed by atoms with E-state index in [4.69, 9.17) is 10.00 Å². The van der Waals surface area contributed by atoms with Crippen LogP contribution in [0.15, 0.2) is 18.3 Å². The second-order valence-corrected chi connectivity index (χ2v) is 4.47. The molecule has 94 valence electrons. The Morgan fingerprint density at radius 1 is 1.61 bits per heavy atom. The average molecular weight is 245 g/mol. The van der Waals surface area contributed by atoms with Crippen molar-refractivity contribution in [3.05, 3.63) is 29.6 Å². The van der Waals surface area contributed by atoms with Crippen molar-refractivity contribution >= 4 is 5.91 Å². The molecule has 0 aliphatic heterocycles. The molecule has 1 aliphatic carbocycles. The number of rotatable bonds is 4. The number of nitrogens with zero attached hydrogens (tertiary/aromatic N) is 2. The van der Waals surface area contributed by atoms with Crippen LogP contribution >= 0.6 is 0 Å². The van der Waals surface area contributed by atoms with Crippen molar-refractivity contribution in [2.45, 2.75) is 24.9 Å². The number of amides is 1. The summed E-state index contributed by atoms with van der Waals surface area (Å²) in [5, 5.41) is 11.5. The molecule has 1 heterocycles. The molecule has 5 nitrogen and oxygen atoms in total. The minimum absolute atomic E-state index is 0.192. The fourth-order valence-electron chi connectivity index (χ4n) is 1.95. The molecular formula is C13H15N3O2. The van der Waals surface area contributed by atoms with E-state index < -0.39 is 0 Å². The number of methoxy groups -OCH3 is 1. The normalized spacial score (nSPS) is 16.4. The molecule has 1 fully saturated rings. The predicted molar refractivity (Wildman–Crippen MR) is 64.9 cm³/mol. The third-order valence-electron chi connectivity index (χ3n) is 3.39. The summed E-state index contributed by atoms with van der Waals surface area (Å²) < 4.78 is 5.42. The maximum absolute atomic E-state index is 11.8. The smallest absolute Gasteiger partial charge is 0.269 e. The minimum atomic E-state index is -0.234. The van der Waals surface area contributed by atoms with E-state index in [0.29, 0.717) is 17.8 Å². The highest BCUT2D eigenvalue weighted by Crippen LogP contribution is 2.34. The van der Waals surface area contributed by atoms with Gasteiger partial charge in [-0.2, -0.15) is 5.26 Å². The third kappa shape index (κ3) is 2.49. The Balaban J connectivity index is 1.93. The Labute approximate surface area is 106 Å². The molecule has 1 aromatic rings. The van der Waals surface area contributed by atoms with Crippen molar-refractivity contribution in [3.8, 4) is 6.07 Å². The number of nitriles is 1. The van der Waals surface area contributed by atoms with Gasteiger partial charge in [0.15, 0.2) is 0 Å². The SMILES string of the molecule is COC1(CNC(=O)c2ccc(C#N)cn2)CCC1. The second-order valence-electron chi connectivity index (χ2n) is 4.47. The van der Waals surface area contributed by atoms with E-state index in [9.17, 15) is 4.79 Å². The van der Waals surface area contributed by atoms with E-state index in [0.717, 1.165) is 19.3 Å². The molecule has 1 aliphatic rings. The van der Waals surface area contributed by atoms with Crippen LogP contribution in [0.1, 0.15) is 35.3 Å². The van der Waals surface area contributed by atoms with E-state index in [2.05, 4.69) is 10.3 Å². The molecule has 0 unspecified atom stereocenters. The maximum atomic E-state index is 11.8. The summed E-state index contributed by atoms with van der Waals surface area (Å²) in [4.78, 5) is 15.8. The average Bonchev–Trinajstić information content (AvgIpc) is 2.38. The Kier molecular flexibility index (Phi) is 3.58. The van der Waals surface area contributed by atoms with Gasteiger partial charge in [0, 0.05) is 19.9 Å². The van der Waals surface area contributed by atoms with Gasteiger partial charge in [-0.1, -0.05) is 0 Å². The van der Waals surface area contributed by atoms with Crippen LogP contribution in [0.5, 0.6) is 0 Å². The summed E-state index contributed by atoms with van der Waals surface area (Å²) in [5.74, 6) is -0.234. The van der Waals surface area contributed by atoms with Crippen molar-refractivity contribution < 1.29 is 9.53 Å². The molecule has 1 saturated carbocycles. The van der Waals surface area contributed by atoms with E-state index in [1.807, 2.05) is 6.07 Å². The predicted octanol–water partition coefficient (Wildman–Crippen LogP) is 1.25. The lowest BCUT2D eigenvalue weighted by molar-refractivity contribution is -0.0679. The number of hydrogen-bond donors (Lipinski definition) is 1. The molecule has 0 aromatic carbocycles. The van der Waals surface area contributed by atoms with E-state index >= 15 is 0 Å². The van der Waals surface area contributed by atoms with Gasteiger partial charge in [-0.05, 0) is 31.4 Å². The van der Waals surface area contributed by atoms with Crippen LogP contribution < -0.4 is 5.32 Å². The molecule has 1 N–H and O–H groups in total. The molecule has 5 heteroatoms. The summed E-state index contributed by atoms with van der Waals surface area (Å²) in [5.41, 5.74) is 0.570. The number of ether oxygens (including phenoxy) is 1. The van der Waals surface area contributed by atoms with Crippen molar-refractivity contribution in [1.82, 2.24) is 10.3 Å². The Bertz CT molecular complexity index is 466. The lowest BCUT2D eigenvalue weighted by atomic mass is 9.80. The van der Waals surface area contributed by atoms with Gasteiger partial charge in [0.1, 0.15) is 11.8 Å².